The molecule has 0 saturated carbocycles. The van der Waals surface area contributed by atoms with Crippen molar-refractivity contribution >= 4 is 11.6 Å². The summed E-state index contributed by atoms with van der Waals surface area (Å²) in [6.07, 6.45) is 7.34. The molecule has 0 fully saturated rings. The van der Waals surface area contributed by atoms with Crippen LogP contribution in [0.1, 0.15) is 70.7 Å². The maximum atomic E-state index is 9.28. The molecule has 0 bridgehead atoms. The molecule has 0 radical (unpaired) electrons. The lowest BCUT2D eigenvalue weighted by Crippen LogP contribution is -2.02. The normalized spacial score (nSPS) is 14.3. The van der Waals surface area contributed by atoms with E-state index in [9.17, 15) is 5.26 Å². The zero-order valence-corrected chi connectivity index (χ0v) is 20.0. The summed E-state index contributed by atoms with van der Waals surface area (Å²) in [6.45, 7) is 16.7. The number of rotatable bonds is 2. The minimum absolute atomic E-state index is 0.500. The minimum Gasteiger partial charge on any atom is -0.193 e. The molecule has 0 heterocycles. The average Bonchev–Trinajstić information content (AvgIpc) is 2.72. The molecular formula is C29H37N. The van der Waals surface area contributed by atoms with Gasteiger partial charge in [-0.15, -0.1) is 0 Å². The highest BCUT2D eigenvalue weighted by Gasteiger charge is 2.15. The van der Waals surface area contributed by atoms with Crippen molar-refractivity contribution in [1.82, 2.24) is 0 Å². The topological polar surface area (TPSA) is 23.8 Å². The predicted octanol–water partition coefficient (Wildman–Crippen LogP) is 8.57. The summed E-state index contributed by atoms with van der Waals surface area (Å²) in [6, 6.07) is 19.1. The summed E-state index contributed by atoms with van der Waals surface area (Å²) in [5.74, 6) is 0. The van der Waals surface area contributed by atoms with E-state index in [2.05, 4.69) is 101 Å². The van der Waals surface area contributed by atoms with Crippen LogP contribution in [0.4, 0.5) is 0 Å². The van der Waals surface area contributed by atoms with Crippen LogP contribution in [-0.2, 0) is 6.42 Å². The number of fused-ring (bicyclic) bond motifs is 1. The van der Waals surface area contributed by atoms with Gasteiger partial charge in [-0.3, -0.25) is 0 Å². The van der Waals surface area contributed by atoms with Gasteiger partial charge in [0.25, 0.3) is 0 Å². The highest BCUT2D eigenvalue weighted by atomic mass is 14.3. The first-order chi connectivity index (χ1) is 14.2. The van der Waals surface area contributed by atoms with Gasteiger partial charge in [-0.25, -0.2) is 0 Å². The van der Waals surface area contributed by atoms with Crippen molar-refractivity contribution in [3.63, 3.8) is 0 Å². The fourth-order valence-electron chi connectivity index (χ4n) is 2.83. The third-order valence-electron chi connectivity index (χ3n) is 4.17. The van der Waals surface area contributed by atoms with Crippen LogP contribution in [0, 0.1) is 23.7 Å². The van der Waals surface area contributed by atoms with E-state index in [4.69, 9.17) is 0 Å². The molecule has 0 aliphatic heterocycles. The third kappa shape index (κ3) is 8.66. The van der Waals surface area contributed by atoms with Crippen LogP contribution >= 0.6 is 0 Å². The first-order valence-electron chi connectivity index (χ1n) is 10.8. The third-order valence-corrected chi connectivity index (χ3v) is 4.17. The molecule has 0 unspecified atom stereocenters. The molecule has 3 rings (SSSR count). The van der Waals surface area contributed by atoms with Gasteiger partial charge in [-0.05, 0) is 59.6 Å². The molecule has 0 amide bonds. The number of benzene rings is 2. The fourth-order valence-corrected chi connectivity index (χ4v) is 2.83. The van der Waals surface area contributed by atoms with Crippen molar-refractivity contribution < 1.29 is 0 Å². The smallest absolute Gasteiger partial charge is 0.0950 e. The van der Waals surface area contributed by atoms with E-state index in [0.717, 1.165) is 17.6 Å². The summed E-state index contributed by atoms with van der Waals surface area (Å²) in [5.41, 5.74) is 8.45. The molecule has 0 saturated heterocycles. The van der Waals surface area contributed by atoms with Crippen LogP contribution in [0.3, 0.4) is 0 Å². The van der Waals surface area contributed by atoms with Crippen LogP contribution in [0.15, 0.2) is 71.8 Å². The van der Waals surface area contributed by atoms with Crippen molar-refractivity contribution in [3.8, 4) is 6.07 Å². The molecule has 158 valence electrons. The zero-order valence-electron chi connectivity index (χ0n) is 20.0. The van der Waals surface area contributed by atoms with E-state index < -0.39 is 0 Å². The van der Waals surface area contributed by atoms with Gasteiger partial charge in [-0.2, -0.15) is 5.26 Å². The molecule has 0 aromatic heterocycles. The molecule has 0 spiro atoms. The maximum absolute atomic E-state index is 9.28. The summed E-state index contributed by atoms with van der Waals surface area (Å²) < 4.78 is 0. The van der Waals surface area contributed by atoms with E-state index in [1.165, 1.54) is 27.8 Å². The van der Waals surface area contributed by atoms with Gasteiger partial charge in [0.05, 0.1) is 6.07 Å². The van der Waals surface area contributed by atoms with Crippen LogP contribution in [0.25, 0.3) is 11.6 Å². The molecule has 0 atom stereocenters. The lowest BCUT2D eigenvalue weighted by Gasteiger charge is -2.18. The van der Waals surface area contributed by atoms with Gasteiger partial charge in [0.1, 0.15) is 0 Å². The van der Waals surface area contributed by atoms with Gasteiger partial charge in [-0.1, -0.05) is 108 Å². The Labute approximate surface area is 184 Å². The van der Waals surface area contributed by atoms with Crippen molar-refractivity contribution in [2.75, 3.05) is 0 Å². The van der Waals surface area contributed by atoms with E-state index in [0.29, 0.717) is 5.41 Å². The Morgan fingerprint density at radius 1 is 0.933 bits per heavy atom. The average molecular weight is 400 g/mol. The first-order valence-corrected chi connectivity index (χ1v) is 10.8. The van der Waals surface area contributed by atoms with Crippen LogP contribution in [0.2, 0.25) is 0 Å². The summed E-state index contributed by atoms with van der Waals surface area (Å²) in [7, 11) is 0. The van der Waals surface area contributed by atoms with Gasteiger partial charge in [0.2, 0.25) is 0 Å². The molecule has 1 aliphatic carbocycles. The van der Waals surface area contributed by atoms with E-state index in [1.54, 1.807) is 0 Å². The van der Waals surface area contributed by atoms with E-state index >= 15 is 0 Å². The number of nitrogens with zero attached hydrogens (tertiary/aromatic N) is 1. The van der Waals surface area contributed by atoms with Gasteiger partial charge in [0.15, 0.2) is 0 Å². The molecule has 1 nitrogen and oxygen atoms in total. The SMILES string of the molecule is C/C(C#N)=C1/C=C(/C=C/c2ccc(C)cc2)Cc2ccccc21.CC.CC(C)(C)C. The standard InChI is InChI=1S/C22H19N.C5H12.C2H6/c1-16-7-9-18(10-8-16)11-12-19-13-20-5-3-4-6-21(20)22(14-19)17(2)15-23;1-5(2,3)4;1-2/h3-12,14H,13H2,1-2H3;1-4H3;1-2H3/b12-11+,22-17+;;. The number of hydrogen-bond acceptors (Lipinski definition) is 1. The molecule has 2 aromatic rings. The number of hydrogen-bond donors (Lipinski definition) is 0. The fraction of sp³-hybridized carbons (Fsp3) is 0.345. The summed E-state index contributed by atoms with van der Waals surface area (Å²) in [4.78, 5) is 0. The monoisotopic (exact) mass is 399 g/mol. The van der Waals surface area contributed by atoms with Gasteiger partial charge < -0.3 is 0 Å². The Bertz CT molecular complexity index is 933. The number of allylic oxidation sites excluding steroid dienone is 5. The molecular weight excluding hydrogens is 362 g/mol. The molecule has 1 aliphatic rings. The molecule has 0 N–H and O–H groups in total. The van der Waals surface area contributed by atoms with Crippen molar-refractivity contribution in [2.24, 2.45) is 5.41 Å². The first kappa shape index (κ1) is 25.2. The second-order valence-electron chi connectivity index (χ2n) is 8.95. The van der Waals surface area contributed by atoms with Crippen LogP contribution in [-0.4, -0.2) is 0 Å². The largest absolute Gasteiger partial charge is 0.193 e. The lowest BCUT2D eigenvalue weighted by atomic mass is 9.86. The highest BCUT2D eigenvalue weighted by molar-refractivity contribution is 5.84. The number of aryl methyl sites for hydroxylation is 1. The van der Waals surface area contributed by atoms with Gasteiger partial charge in [0, 0.05) is 5.57 Å². The summed E-state index contributed by atoms with van der Waals surface area (Å²) in [5, 5.41) is 9.28. The van der Waals surface area contributed by atoms with Crippen LogP contribution in [0.5, 0.6) is 0 Å². The Kier molecular flexibility index (Phi) is 10.1. The Morgan fingerprint density at radius 3 is 2.07 bits per heavy atom. The second-order valence-corrected chi connectivity index (χ2v) is 8.95. The van der Waals surface area contributed by atoms with Crippen LogP contribution < -0.4 is 0 Å². The second kappa shape index (κ2) is 12.0. The summed E-state index contributed by atoms with van der Waals surface area (Å²) >= 11 is 0. The van der Waals surface area contributed by atoms with Crippen molar-refractivity contribution in [2.45, 2.75) is 61.8 Å². The zero-order chi connectivity index (χ0) is 22.7. The quantitative estimate of drug-likeness (QED) is 0.464. The number of nitriles is 1. The molecule has 1 heteroatoms. The Hall–Kier alpha value is -2.85. The van der Waals surface area contributed by atoms with Gasteiger partial charge >= 0.3 is 0 Å². The maximum Gasteiger partial charge on any atom is 0.0950 e. The van der Waals surface area contributed by atoms with E-state index in [-0.39, 0.29) is 0 Å². The lowest BCUT2D eigenvalue weighted by molar-refractivity contribution is 0.469. The van der Waals surface area contributed by atoms with Crippen molar-refractivity contribution in [1.29, 1.82) is 5.26 Å². The Balaban J connectivity index is 0.000000565. The predicted molar refractivity (Wildman–Crippen MR) is 133 cm³/mol. The van der Waals surface area contributed by atoms with Crippen molar-refractivity contribution in [3.05, 3.63) is 94.1 Å². The highest BCUT2D eigenvalue weighted by Crippen LogP contribution is 2.32. The van der Waals surface area contributed by atoms with E-state index in [1.807, 2.05) is 26.8 Å². The minimum atomic E-state index is 0.500. The Morgan fingerprint density at radius 2 is 1.50 bits per heavy atom. The molecule has 2 aromatic carbocycles. The molecule has 30 heavy (non-hydrogen) atoms.